The summed E-state index contributed by atoms with van der Waals surface area (Å²) < 4.78 is 25.8. The summed E-state index contributed by atoms with van der Waals surface area (Å²) >= 11 is 0. The molecule has 88 valence electrons. The maximum atomic E-state index is 12.1. The molecule has 1 aromatic rings. The Balaban J connectivity index is 2.30. The molecule has 0 radical (unpaired) electrons. The highest BCUT2D eigenvalue weighted by Gasteiger charge is 2.26. The minimum Gasteiger partial charge on any atom is -0.384 e. The Morgan fingerprint density at radius 3 is 2.50 bits per heavy atom. The maximum Gasteiger partial charge on any atom is 0.260 e. The van der Waals surface area contributed by atoms with Crippen LogP contribution in [0.4, 0.5) is 5.82 Å². The average molecular weight is 241 g/mol. The highest BCUT2D eigenvalue weighted by Crippen LogP contribution is 2.19. The van der Waals surface area contributed by atoms with Gasteiger partial charge >= 0.3 is 0 Å². The predicted octanol–water partition coefficient (Wildman–Crippen LogP) is 0.838. The number of hydrogen-bond acceptors (Lipinski definition) is 4. The van der Waals surface area contributed by atoms with E-state index in [4.69, 9.17) is 5.73 Å². The Labute approximate surface area is 95.3 Å². The fourth-order valence-corrected chi connectivity index (χ4v) is 3.29. The number of nitrogen functional groups attached to an aromatic ring is 1. The van der Waals surface area contributed by atoms with Crippen LogP contribution >= 0.6 is 0 Å². The quantitative estimate of drug-likeness (QED) is 0.832. The second-order valence-corrected chi connectivity index (χ2v) is 5.75. The first-order chi connectivity index (χ1) is 7.60. The SMILES string of the molecule is Nc1cccc(S(=O)(=O)N2CCCCC2)n1. The van der Waals surface area contributed by atoms with Crippen molar-refractivity contribution in [2.75, 3.05) is 18.8 Å². The van der Waals surface area contributed by atoms with Crippen molar-refractivity contribution in [3.8, 4) is 0 Å². The van der Waals surface area contributed by atoms with Crippen molar-refractivity contribution in [1.29, 1.82) is 0 Å². The number of nitrogens with two attached hydrogens (primary N) is 1. The summed E-state index contributed by atoms with van der Waals surface area (Å²) in [5, 5.41) is 0.0504. The number of piperidine rings is 1. The van der Waals surface area contributed by atoms with Gasteiger partial charge in [0.2, 0.25) is 0 Å². The minimum atomic E-state index is -3.44. The Kier molecular flexibility index (Phi) is 3.11. The monoisotopic (exact) mass is 241 g/mol. The molecule has 0 aliphatic carbocycles. The van der Waals surface area contributed by atoms with E-state index >= 15 is 0 Å². The van der Waals surface area contributed by atoms with Gasteiger partial charge in [0.1, 0.15) is 5.82 Å². The van der Waals surface area contributed by atoms with Crippen molar-refractivity contribution in [3.63, 3.8) is 0 Å². The van der Waals surface area contributed by atoms with Gasteiger partial charge in [-0.15, -0.1) is 0 Å². The second-order valence-electron chi connectivity index (χ2n) is 3.87. The molecular weight excluding hydrogens is 226 g/mol. The molecule has 1 fully saturated rings. The predicted molar refractivity (Wildman–Crippen MR) is 61.3 cm³/mol. The van der Waals surface area contributed by atoms with E-state index in [1.54, 1.807) is 12.1 Å². The molecule has 6 heteroatoms. The Hall–Kier alpha value is -1.14. The molecule has 2 rings (SSSR count). The molecule has 0 amide bonds. The van der Waals surface area contributed by atoms with Gasteiger partial charge in [-0.3, -0.25) is 0 Å². The summed E-state index contributed by atoms with van der Waals surface area (Å²) in [6.07, 6.45) is 2.93. The van der Waals surface area contributed by atoms with E-state index in [0.717, 1.165) is 19.3 Å². The van der Waals surface area contributed by atoms with E-state index in [0.29, 0.717) is 13.1 Å². The zero-order valence-corrected chi connectivity index (χ0v) is 9.78. The van der Waals surface area contributed by atoms with Gasteiger partial charge in [0.25, 0.3) is 10.0 Å². The summed E-state index contributed by atoms with van der Waals surface area (Å²) in [6.45, 7) is 1.16. The van der Waals surface area contributed by atoms with Crippen LogP contribution < -0.4 is 5.73 Å². The topological polar surface area (TPSA) is 76.3 Å². The molecule has 1 aliphatic heterocycles. The number of hydrogen-bond donors (Lipinski definition) is 1. The van der Waals surface area contributed by atoms with Crippen LogP contribution in [0.2, 0.25) is 0 Å². The minimum absolute atomic E-state index is 0.0504. The number of pyridine rings is 1. The Morgan fingerprint density at radius 2 is 1.88 bits per heavy atom. The molecule has 5 nitrogen and oxygen atoms in total. The number of rotatable bonds is 2. The lowest BCUT2D eigenvalue weighted by molar-refractivity contribution is 0.345. The first-order valence-corrected chi connectivity index (χ1v) is 6.77. The molecule has 0 atom stereocenters. The lowest BCUT2D eigenvalue weighted by atomic mass is 10.2. The average Bonchev–Trinajstić information content (AvgIpc) is 2.30. The zero-order chi connectivity index (χ0) is 11.6. The number of sulfonamides is 1. The van der Waals surface area contributed by atoms with E-state index in [1.807, 2.05) is 0 Å². The molecule has 0 saturated carbocycles. The molecule has 2 N–H and O–H groups in total. The lowest BCUT2D eigenvalue weighted by Gasteiger charge is -2.25. The van der Waals surface area contributed by atoms with Crippen LogP contribution in [-0.2, 0) is 10.0 Å². The van der Waals surface area contributed by atoms with Crippen LogP contribution in [0.3, 0.4) is 0 Å². The molecule has 16 heavy (non-hydrogen) atoms. The van der Waals surface area contributed by atoms with Gasteiger partial charge in [-0.25, -0.2) is 13.4 Å². The first kappa shape index (κ1) is 11.3. The summed E-state index contributed by atoms with van der Waals surface area (Å²) in [7, 11) is -3.44. The first-order valence-electron chi connectivity index (χ1n) is 5.33. The zero-order valence-electron chi connectivity index (χ0n) is 8.96. The summed E-state index contributed by atoms with van der Waals surface area (Å²) in [5.74, 6) is 0.234. The van der Waals surface area contributed by atoms with Crippen molar-refractivity contribution in [2.45, 2.75) is 24.3 Å². The van der Waals surface area contributed by atoms with Crippen LogP contribution in [-0.4, -0.2) is 30.8 Å². The Morgan fingerprint density at radius 1 is 1.19 bits per heavy atom. The van der Waals surface area contributed by atoms with E-state index in [2.05, 4.69) is 4.98 Å². The molecule has 0 spiro atoms. The molecule has 1 saturated heterocycles. The van der Waals surface area contributed by atoms with Gasteiger partial charge in [-0.1, -0.05) is 12.5 Å². The van der Waals surface area contributed by atoms with Crippen LogP contribution in [0.1, 0.15) is 19.3 Å². The van der Waals surface area contributed by atoms with Crippen molar-refractivity contribution in [3.05, 3.63) is 18.2 Å². The third kappa shape index (κ3) is 2.17. The standard InChI is InChI=1S/C10H15N3O2S/c11-9-5-4-6-10(12-9)16(14,15)13-7-2-1-3-8-13/h4-6H,1-3,7-8H2,(H2,11,12). The lowest BCUT2D eigenvalue weighted by Crippen LogP contribution is -2.36. The molecular formula is C10H15N3O2S. The number of aromatic nitrogens is 1. The van der Waals surface area contributed by atoms with Gasteiger partial charge in [-0.05, 0) is 25.0 Å². The van der Waals surface area contributed by atoms with Crippen molar-refractivity contribution >= 4 is 15.8 Å². The molecule has 2 heterocycles. The van der Waals surface area contributed by atoms with Crippen LogP contribution in [0.5, 0.6) is 0 Å². The fraction of sp³-hybridized carbons (Fsp3) is 0.500. The van der Waals surface area contributed by atoms with E-state index < -0.39 is 10.0 Å². The van der Waals surface area contributed by atoms with Gasteiger partial charge < -0.3 is 5.73 Å². The van der Waals surface area contributed by atoms with Gasteiger partial charge in [-0.2, -0.15) is 4.31 Å². The van der Waals surface area contributed by atoms with Gasteiger partial charge in [0.05, 0.1) is 0 Å². The molecule has 0 bridgehead atoms. The molecule has 0 unspecified atom stereocenters. The largest absolute Gasteiger partial charge is 0.384 e. The van der Waals surface area contributed by atoms with Crippen molar-refractivity contribution < 1.29 is 8.42 Å². The number of nitrogens with zero attached hydrogens (tertiary/aromatic N) is 2. The van der Waals surface area contributed by atoms with E-state index in [9.17, 15) is 8.42 Å². The van der Waals surface area contributed by atoms with E-state index in [1.165, 1.54) is 10.4 Å². The second kappa shape index (κ2) is 4.39. The highest BCUT2D eigenvalue weighted by atomic mass is 32.2. The summed E-state index contributed by atoms with van der Waals surface area (Å²) in [5.41, 5.74) is 5.49. The maximum absolute atomic E-state index is 12.1. The van der Waals surface area contributed by atoms with Crippen molar-refractivity contribution in [1.82, 2.24) is 9.29 Å². The summed E-state index contributed by atoms with van der Waals surface area (Å²) in [4.78, 5) is 3.87. The Bertz CT molecular complexity index is 467. The highest BCUT2D eigenvalue weighted by molar-refractivity contribution is 7.89. The van der Waals surface area contributed by atoms with Crippen LogP contribution in [0, 0.1) is 0 Å². The smallest absolute Gasteiger partial charge is 0.260 e. The third-order valence-electron chi connectivity index (χ3n) is 2.66. The fourth-order valence-electron chi connectivity index (χ4n) is 1.81. The summed E-state index contributed by atoms with van der Waals surface area (Å²) in [6, 6.07) is 4.68. The van der Waals surface area contributed by atoms with Gasteiger partial charge in [0, 0.05) is 13.1 Å². The molecule has 1 aromatic heterocycles. The molecule has 0 aromatic carbocycles. The van der Waals surface area contributed by atoms with Gasteiger partial charge in [0.15, 0.2) is 5.03 Å². The normalized spacial score (nSPS) is 18.5. The van der Waals surface area contributed by atoms with Crippen LogP contribution in [0.25, 0.3) is 0 Å². The number of anilines is 1. The molecule has 1 aliphatic rings. The van der Waals surface area contributed by atoms with Crippen LogP contribution in [0.15, 0.2) is 23.2 Å². The van der Waals surface area contributed by atoms with E-state index in [-0.39, 0.29) is 10.8 Å². The van der Waals surface area contributed by atoms with Crippen molar-refractivity contribution in [2.24, 2.45) is 0 Å². The third-order valence-corrected chi connectivity index (χ3v) is 4.47.